The Morgan fingerprint density at radius 2 is 1.31 bits per heavy atom. The van der Waals surface area contributed by atoms with Crippen LogP contribution < -0.4 is 11.1 Å². The normalized spacial score (nSPS) is 16.0. The Kier molecular flexibility index (Phi) is 19.9. The molecule has 0 bridgehead atoms. The Hall–Kier alpha value is -1.92. The van der Waals surface area contributed by atoms with Gasteiger partial charge in [0.2, 0.25) is 11.8 Å². The highest BCUT2D eigenvalue weighted by atomic mass is 16.5. The van der Waals surface area contributed by atoms with E-state index in [0.29, 0.717) is 26.2 Å². The molecule has 11 heteroatoms. The summed E-state index contributed by atoms with van der Waals surface area (Å²) in [6.07, 6.45) is 2.46. The predicted molar refractivity (Wildman–Crippen MR) is 149 cm³/mol. The van der Waals surface area contributed by atoms with Crippen LogP contribution in [0.4, 0.5) is 0 Å². The standard InChI is InChI=1S/C15H27NO4.C13H26N2O4/c1-11(2)19-9-7-14(17)13-6-5-8-16(13)15(18)10-20-12(3)4;1-9(2)18-6-5-12(16)11(7-14)15-13(17)8-19-10(3)4/h11-13H,5-10H2,1-4H3;9-11H,5-8,14H2,1-4H3,(H,15,17). The second-order valence-corrected chi connectivity index (χ2v) is 10.6. The monoisotopic (exact) mass is 559 g/mol. The SMILES string of the molecule is CC(C)OCCC(=O)C(CN)NC(=O)COC(C)C.CC(C)OCCC(=O)C1CCCN1C(=O)COC(C)C. The summed E-state index contributed by atoms with van der Waals surface area (Å²) in [6, 6.07) is -0.951. The maximum absolute atomic E-state index is 12.2. The number of rotatable bonds is 18. The molecule has 1 saturated heterocycles. The Morgan fingerprint density at radius 3 is 1.82 bits per heavy atom. The van der Waals surface area contributed by atoms with Crippen molar-refractivity contribution in [1.82, 2.24) is 10.2 Å². The van der Waals surface area contributed by atoms with Crippen LogP contribution in [-0.2, 0) is 38.1 Å². The first-order valence-electron chi connectivity index (χ1n) is 14.1. The summed E-state index contributed by atoms with van der Waals surface area (Å²) in [6.45, 7) is 16.6. The van der Waals surface area contributed by atoms with Gasteiger partial charge in [0.25, 0.3) is 0 Å². The van der Waals surface area contributed by atoms with Gasteiger partial charge < -0.3 is 34.9 Å². The molecule has 0 aromatic heterocycles. The third kappa shape index (κ3) is 18.1. The number of carbonyl (C=O) groups is 4. The minimum atomic E-state index is -0.668. The van der Waals surface area contributed by atoms with Gasteiger partial charge in [0.15, 0.2) is 11.6 Å². The highest BCUT2D eigenvalue weighted by Gasteiger charge is 2.33. The number of carbonyl (C=O) groups excluding carboxylic acids is 4. The van der Waals surface area contributed by atoms with E-state index < -0.39 is 6.04 Å². The molecule has 39 heavy (non-hydrogen) atoms. The lowest BCUT2D eigenvalue weighted by atomic mass is 10.1. The van der Waals surface area contributed by atoms with Crippen LogP contribution in [0.1, 0.15) is 81.1 Å². The number of nitrogens with two attached hydrogens (primary N) is 1. The summed E-state index contributed by atoms with van der Waals surface area (Å²) in [4.78, 5) is 49.2. The van der Waals surface area contributed by atoms with E-state index in [2.05, 4.69) is 5.32 Å². The van der Waals surface area contributed by atoms with Gasteiger partial charge >= 0.3 is 0 Å². The minimum Gasteiger partial charge on any atom is -0.378 e. The molecule has 1 fully saturated rings. The average molecular weight is 560 g/mol. The predicted octanol–water partition coefficient (Wildman–Crippen LogP) is 2.03. The van der Waals surface area contributed by atoms with Crippen molar-refractivity contribution in [3.05, 3.63) is 0 Å². The van der Waals surface area contributed by atoms with Crippen molar-refractivity contribution in [2.45, 2.75) is 118 Å². The molecule has 0 radical (unpaired) electrons. The fourth-order valence-corrected chi connectivity index (χ4v) is 3.60. The van der Waals surface area contributed by atoms with Crippen molar-refractivity contribution in [3.63, 3.8) is 0 Å². The number of nitrogens with one attached hydrogen (secondary N) is 1. The molecule has 0 spiro atoms. The first-order valence-corrected chi connectivity index (χ1v) is 14.1. The van der Waals surface area contributed by atoms with E-state index in [1.165, 1.54) is 0 Å². The molecule has 2 atom stereocenters. The van der Waals surface area contributed by atoms with Gasteiger partial charge in [-0.3, -0.25) is 19.2 Å². The van der Waals surface area contributed by atoms with Crippen molar-refractivity contribution < 1.29 is 38.1 Å². The van der Waals surface area contributed by atoms with Gasteiger partial charge in [0.05, 0.1) is 49.7 Å². The van der Waals surface area contributed by atoms with Crippen LogP contribution in [0, 0.1) is 0 Å². The molecule has 228 valence electrons. The third-order valence-corrected chi connectivity index (χ3v) is 5.59. The number of Topliss-reactive ketones (excluding diaryl/α,β-unsaturated/α-hetero) is 2. The molecule has 11 nitrogen and oxygen atoms in total. The molecule has 1 heterocycles. The maximum Gasteiger partial charge on any atom is 0.249 e. The van der Waals surface area contributed by atoms with Gasteiger partial charge in [0, 0.05) is 25.9 Å². The zero-order chi connectivity index (χ0) is 30.0. The number of amides is 2. The third-order valence-electron chi connectivity index (χ3n) is 5.59. The van der Waals surface area contributed by atoms with Crippen molar-refractivity contribution in [2.75, 3.05) is 39.5 Å². The van der Waals surface area contributed by atoms with Gasteiger partial charge in [-0.05, 0) is 68.2 Å². The van der Waals surface area contributed by atoms with Gasteiger partial charge in [0.1, 0.15) is 13.2 Å². The van der Waals surface area contributed by atoms with E-state index in [1.807, 2.05) is 55.4 Å². The first kappa shape index (κ1) is 37.1. The molecule has 0 aromatic rings. The maximum atomic E-state index is 12.2. The van der Waals surface area contributed by atoms with Crippen LogP contribution in [0.5, 0.6) is 0 Å². The van der Waals surface area contributed by atoms with E-state index >= 15 is 0 Å². The molecule has 1 aliphatic heterocycles. The van der Waals surface area contributed by atoms with E-state index in [1.54, 1.807) is 4.90 Å². The van der Waals surface area contributed by atoms with Crippen LogP contribution in [0.25, 0.3) is 0 Å². The van der Waals surface area contributed by atoms with Gasteiger partial charge in [-0.25, -0.2) is 0 Å². The summed E-state index contributed by atoms with van der Waals surface area (Å²) in [5, 5.41) is 2.57. The summed E-state index contributed by atoms with van der Waals surface area (Å²) < 4.78 is 21.2. The molecule has 0 aliphatic carbocycles. The Bertz CT molecular complexity index is 728. The molecule has 1 rings (SSSR count). The lowest BCUT2D eigenvalue weighted by molar-refractivity contribution is -0.142. The summed E-state index contributed by atoms with van der Waals surface area (Å²) >= 11 is 0. The van der Waals surface area contributed by atoms with Crippen molar-refractivity contribution in [1.29, 1.82) is 0 Å². The summed E-state index contributed by atoms with van der Waals surface area (Å²) in [5.41, 5.74) is 5.49. The average Bonchev–Trinajstić information content (AvgIpc) is 3.34. The fraction of sp³-hybridized carbons (Fsp3) is 0.857. The van der Waals surface area contributed by atoms with Crippen LogP contribution in [-0.4, -0.2) is 104 Å². The molecule has 2 unspecified atom stereocenters. The van der Waals surface area contributed by atoms with E-state index in [4.69, 9.17) is 24.7 Å². The molecule has 0 saturated carbocycles. The lowest BCUT2D eigenvalue weighted by Gasteiger charge is -2.24. The van der Waals surface area contributed by atoms with E-state index in [-0.39, 0.29) is 80.0 Å². The molecule has 1 aliphatic rings. The molecule has 3 N–H and O–H groups in total. The number of ether oxygens (including phenoxy) is 4. The minimum absolute atomic E-state index is 0.0233. The molecular weight excluding hydrogens is 506 g/mol. The highest BCUT2D eigenvalue weighted by Crippen LogP contribution is 2.19. The Morgan fingerprint density at radius 1 is 0.795 bits per heavy atom. The van der Waals surface area contributed by atoms with Crippen LogP contribution >= 0.6 is 0 Å². The Balaban J connectivity index is 0.000000742. The van der Waals surface area contributed by atoms with Crippen LogP contribution in [0.15, 0.2) is 0 Å². The Labute approximate surface area is 234 Å². The van der Waals surface area contributed by atoms with Crippen molar-refractivity contribution in [2.24, 2.45) is 5.73 Å². The topological polar surface area (TPSA) is 146 Å². The molecular formula is C28H53N3O8. The molecule has 2 amide bonds. The van der Waals surface area contributed by atoms with E-state index in [0.717, 1.165) is 12.8 Å². The zero-order valence-electron chi connectivity index (χ0n) is 25.3. The van der Waals surface area contributed by atoms with E-state index in [9.17, 15) is 19.2 Å². The summed E-state index contributed by atoms with van der Waals surface area (Å²) in [5.74, 6) is -0.441. The van der Waals surface area contributed by atoms with Crippen LogP contribution in [0.2, 0.25) is 0 Å². The number of ketones is 2. The van der Waals surface area contributed by atoms with Gasteiger partial charge in [-0.15, -0.1) is 0 Å². The smallest absolute Gasteiger partial charge is 0.249 e. The lowest BCUT2D eigenvalue weighted by Crippen LogP contribution is -2.47. The van der Waals surface area contributed by atoms with Crippen molar-refractivity contribution >= 4 is 23.4 Å². The highest BCUT2D eigenvalue weighted by molar-refractivity contribution is 5.90. The first-order chi connectivity index (χ1) is 18.3. The van der Waals surface area contributed by atoms with Gasteiger partial charge in [-0.1, -0.05) is 0 Å². The number of likely N-dealkylation sites (tertiary alicyclic amines) is 1. The van der Waals surface area contributed by atoms with Gasteiger partial charge in [-0.2, -0.15) is 0 Å². The molecule has 0 aromatic carbocycles. The summed E-state index contributed by atoms with van der Waals surface area (Å²) in [7, 11) is 0. The quantitative estimate of drug-likeness (QED) is 0.257. The largest absolute Gasteiger partial charge is 0.378 e. The number of hydrogen-bond acceptors (Lipinski definition) is 9. The van der Waals surface area contributed by atoms with Crippen LogP contribution in [0.3, 0.4) is 0 Å². The fourth-order valence-electron chi connectivity index (χ4n) is 3.60. The second kappa shape index (κ2) is 20.9. The number of hydrogen-bond donors (Lipinski definition) is 2. The number of nitrogens with zero attached hydrogens (tertiary/aromatic N) is 1. The second-order valence-electron chi connectivity index (χ2n) is 10.6. The zero-order valence-corrected chi connectivity index (χ0v) is 25.3. The van der Waals surface area contributed by atoms with Crippen molar-refractivity contribution in [3.8, 4) is 0 Å².